The lowest BCUT2D eigenvalue weighted by molar-refractivity contribution is -0.139. The number of aliphatic carboxylic acids is 1. The number of nitrogens with two attached hydrogens (primary N) is 1. The number of likely N-dealkylation sites (tertiary alicyclic amines) is 1. The van der Waals surface area contributed by atoms with Crippen molar-refractivity contribution >= 4 is 45.4 Å². The number of amides is 3. The molecule has 6 rings (SSSR count). The molecule has 1 saturated heterocycles. The third-order valence-electron chi connectivity index (χ3n) is 9.54. The Hall–Kier alpha value is -4.53. The van der Waals surface area contributed by atoms with Crippen molar-refractivity contribution in [2.24, 2.45) is 24.6 Å². The zero-order valence-electron chi connectivity index (χ0n) is 27.5. The number of unbranched alkanes of at least 4 members (excludes halogenated alkanes) is 3. The average molecular weight is 694 g/mol. The maximum atomic E-state index is 14.1. The molecule has 1 aliphatic heterocycles. The highest BCUT2D eigenvalue weighted by atomic mass is 32.1. The summed E-state index contributed by atoms with van der Waals surface area (Å²) in [7, 11) is 1.80. The number of rotatable bonds is 15. The highest BCUT2D eigenvalue weighted by Crippen LogP contribution is 2.40. The second-order valence-corrected chi connectivity index (χ2v) is 14.0. The number of carboxylic acid groups (broad SMARTS) is 1. The van der Waals surface area contributed by atoms with Crippen LogP contribution in [0.2, 0.25) is 0 Å². The highest BCUT2D eigenvalue weighted by molar-refractivity contribution is 7.17. The number of aryl methyl sites for hydroxylation is 1. The molecule has 0 radical (unpaired) electrons. The second-order valence-electron chi connectivity index (χ2n) is 13.1. The lowest BCUT2D eigenvalue weighted by Gasteiger charge is -2.28. The molecule has 262 valence electrons. The molecule has 2 unspecified atom stereocenters. The normalized spacial score (nSPS) is 22.8. The number of nitrogens with one attached hydrogen (secondary N) is 1. The molecule has 14 nitrogen and oxygen atoms in total. The quantitative estimate of drug-likeness (QED) is 0.154. The van der Waals surface area contributed by atoms with Gasteiger partial charge in [-0.05, 0) is 74.8 Å². The fourth-order valence-corrected chi connectivity index (χ4v) is 7.50. The number of alkyl carbamates (subject to hydrolysis) is 1. The van der Waals surface area contributed by atoms with E-state index < -0.39 is 42.1 Å². The van der Waals surface area contributed by atoms with Gasteiger partial charge in [0, 0.05) is 19.7 Å². The minimum absolute atomic E-state index is 0.0868. The van der Waals surface area contributed by atoms with Crippen molar-refractivity contribution in [2.75, 3.05) is 6.54 Å². The Morgan fingerprint density at radius 2 is 1.94 bits per heavy atom. The van der Waals surface area contributed by atoms with Gasteiger partial charge in [-0.2, -0.15) is 10.1 Å². The van der Waals surface area contributed by atoms with E-state index in [-0.39, 0.29) is 30.9 Å². The minimum Gasteiger partial charge on any atom is -0.481 e. The van der Waals surface area contributed by atoms with Gasteiger partial charge in [-0.25, -0.2) is 9.78 Å². The predicted octanol–water partition coefficient (Wildman–Crippen LogP) is 4.19. The first-order valence-corrected chi connectivity index (χ1v) is 17.9. The van der Waals surface area contributed by atoms with Gasteiger partial charge < -0.3 is 30.5 Å². The van der Waals surface area contributed by atoms with Gasteiger partial charge in [0.25, 0.3) is 0 Å². The van der Waals surface area contributed by atoms with Crippen molar-refractivity contribution in [3.8, 4) is 17.4 Å². The van der Waals surface area contributed by atoms with Crippen molar-refractivity contribution < 1.29 is 33.8 Å². The summed E-state index contributed by atoms with van der Waals surface area (Å²) in [6, 6.07) is 1.85. The Balaban J connectivity index is 1.11. The van der Waals surface area contributed by atoms with E-state index in [4.69, 9.17) is 25.3 Å². The molecule has 4 N–H and O–H groups in total. The molecule has 2 aliphatic carbocycles. The van der Waals surface area contributed by atoms with Gasteiger partial charge in [0.15, 0.2) is 5.82 Å². The molecule has 3 fully saturated rings. The molecule has 0 bridgehead atoms. The fraction of sp³-hybridized carbons (Fsp3) is 0.559. The summed E-state index contributed by atoms with van der Waals surface area (Å²) < 4.78 is 14.4. The Morgan fingerprint density at radius 1 is 1.12 bits per heavy atom. The van der Waals surface area contributed by atoms with E-state index in [0.29, 0.717) is 42.2 Å². The van der Waals surface area contributed by atoms with Gasteiger partial charge in [-0.15, -0.1) is 11.3 Å². The van der Waals surface area contributed by atoms with Crippen molar-refractivity contribution in [3.05, 3.63) is 35.9 Å². The molecule has 3 amide bonds. The lowest BCUT2D eigenvalue weighted by atomic mass is 10.0. The molecule has 2 saturated carbocycles. The van der Waals surface area contributed by atoms with Crippen LogP contribution in [0.25, 0.3) is 21.7 Å². The van der Waals surface area contributed by atoms with Crippen LogP contribution in [-0.4, -0.2) is 84.5 Å². The summed E-state index contributed by atoms with van der Waals surface area (Å²) in [6.07, 6.45) is 12.2. The summed E-state index contributed by atoms with van der Waals surface area (Å²) in [5, 5.41) is 18.0. The fourth-order valence-electron chi connectivity index (χ4n) is 6.74. The number of carboxylic acids is 1. The number of nitrogens with zero attached hydrogens (tertiary/aromatic N) is 5. The summed E-state index contributed by atoms with van der Waals surface area (Å²) in [6.45, 7) is 0.0868. The maximum Gasteiger partial charge on any atom is 0.408 e. The molecule has 3 aliphatic rings. The first kappa shape index (κ1) is 34.3. The molecule has 4 heterocycles. The van der Waals surface area contributed by atoms with Gasteiger partial charge in [0.05, 0.1) is 18.0 Å². The van der Waals surface area contributed by atoms with E-state index in [2.05, 4.69) is 15.4 Å². The van der Waals surface area contributed by atoms with Gasteiger partial charge in [-0.3, -0.25) is 19.1 Å². The largest absolute Gasteiger partial charge is 0.481 e. The lowest BCUT2D eigenvalue weighted by Crippen LogP contribution is -2.53. The number of ether oxygens (including phenoxy) is 2. The third-order valence-corrected chi connectivity index (χ3v) is 10.4. The SMILES string of the molecule is Cn1nccc1-c1nc(OC2C[C@@H](C(N)=O)N(C(=O)C(CCCCC/C=C\[C@@H]3C[C@@H]3C(=O)O)NC(=O)OC3CCCC3)C2)c2sccc2n1. The molecular formula is C34H43N7O7S. The molecule has 49 heavy (non-hydrogen) atoms. The van der Waals surface area contributed by atoms with E-state index in [9.17, 15) is 19.2 Å². The maximum absolute atomic E-state index is 14.1. The highest BCUT2D eigenvalue weighted by Gasteiger charge is 2.43. The number of allylic oxidation sites excluding steroid dienone is 2. The van der Waals surface area contributed by atoms with Crippen LogP contribution in [0, 0.1) is 11.8 Å². The van der Waals surface area contributed by atoms with Crippen LogP contribution in [-0.2, 0) is 26.2 Å². The molecule has 3 aromatic rings. The van der Waals surface area contributed by atoms with E-state index in [1.807, 2.05) is 29.7 Å². The molecule has 0 aromatic carbocycles. The number of thiophene rings is 1. The van der Waals surface area contributed by atoms with E-state index in [0.717, 1.165) is 49.6 Å². The number of hydrogen-bond acceptors (Lipinski definition) is 10. The van der Waals surface area contributed by atoms with Crippen LogP contribution in [0.15, 0.2) is 35.9 Å². The molecule has 5 atom stereocenters. The summed E-state index contributed by atoms with van der Waals surface area (Å²) in [4.78, 5) is 61.5. The van der Waals surface area contributed by atoms with E-state index >= 15 is 0 Å². The Kier molecular flexibility index (Phi) is 10.8. The second kappa shape index (κ2) is 15.3. The van der Waals surface area contributed by atoms with Crippen LogP contribution >= 0.6 is 11.3 Å². The van der Waals surface area contributed by atoms with Gasteiger partial charge in [0.2, 0.25) is 17.7 Å². The minimum atomic E-state index is -0.924. The standard InChI is InChI=1S/C34H43N7O7S/c1-40-26(13-15-36-40)30-37-24-14-16-49-28(24)31(39-30)47-22-18-27(29(35)42)41(19-22)32(43)25(38-34(46)48-21-10-7-8-11-21)12-6-4-2-3-5-9-20-17-23(20)33(44)45/h5,9,13-16,20-23,25,27H,2-4,6-8,10-12,17-19H2,1H3,(H2,35,42)(H,38,46)(H,44,45)/b9-5-/t20-,22?,23+,25?,27+/m1/s1. The van der Waals surface area contributed by atoms with Crippen LogP contribution < -0.4 is 15.8 Å². The number of fused-ring (bicyclic) bond motifs is 1. The number of aromatic nitrogens is 4. The average Bonchev–Trinajstić information content (AvgIpc) is 3.57. The zero-order valence-corrected chi connectivity index (χ0v) is 28.3. The van der Waals surface area contributed by atoms with Crippen molar-refractivity contribution in [3.63, 3.8) is 0 Å². The Morgan fingerprint density at radius 3 is 2.65 bits per heavy atom. The summed E-state index contributed by atoms with van der Waals surface area (Å²) in [5.74, 6) is -1.17. The number of carbonyl (C=O) groups is 4. The summed E-state index contributed by atoms with van der Waals surface area (Å²) >= 11 is 1.43. The van der Waals surface area contributed by atoms with Gasteiger partial charge in [0.1, 0.15) is 34.7 Å². The smallest absolute Gasteiger partial charge is 0.408 e. The van der Waals surface area contributed by atoms with E-state index in [1.54, 1.807) is 17.9 Å². The van der Waals surface area contributed by atoms with Gasteiger partial charge in [-0.1, -0.05) is 25.0 Å². The Labute approximate surface area is 288 Å². The van der Waals surface area contributed by atoms with Crippen molar-refractivity contribution in [1.29, 1.82) is 0 Å². The van der Waals surface area contributed by atoms with Crippen molar-refractivity contribution in [2.45, 2.75) is 94.9 Å². The van der Waals surface area contributed by atoms with Crippen LogP contribution in [0.1, 0.15) is 70.6 Å². The Bertz CT molecular complexity index is 1700. The summed E-state index contributed by atoms with van der Waals surface area (Å²) in [5.41, 5.74) is 7.24. The zero-order chi connectivity index (χ0) is 34.5. The molecule has 15 heteroatoms. The number of carbonyl (C=O) groups excluding carboxylic acids is 3. The predicted molar refractivity (Wildman–Crippen MR) is 180 cm³/mol. The molecule has 0 spiro atoms. The first-order valence-electron chi connectivity index (χ1n) is 17.0. The van der Waals surface area contributed by atoms with Gasteiger partial charge >= 0.3 is 12.1 Å². The molecule has 3 aromatic heterocycles. The molecular weight excluding hydrogens is 650 g/mol. The topological polar surface area (TPSA) is 192 Å². The number of hydrogen-bond donors (Lipinski definition) is 3. The van der Waals surface area contributed by atoms with Crippen molar-refractivity contribution in [1.82, 2.24) is 30.0 Å². The first-order chi connectivity index (χ1) is 23.7. The van der Waals surface area contributed by atoms with Crippen LogP contribution in [0.5, 0.6) is 5.88 Å². The van der Waals surface area contributed by atoms with Crippen LogP contribution in [0.3, 0.4) is 0 Å². The monoisotopic (exact) mass is 693 g/mol. The third kappa shape index (κ3) is 8.38. The number of primary amides is 1. The van der Waals surface area contributed by atoms with E-state index in [1.165, 1.54) is 16.2 Å². The van der Waals surface area contributed by atoms with Crippen LogP contribution in [0.4, 0.5) is 4.79 Å².